The summed E-state index contributed by atoms with van der Waals surface area (Å²) < 4.78 is 1.15. The number of rotatable bonds is 1. The van der Waals surface area contributed by atoms with Crippen LogP contribution in [0.5, 0.6) is 0 Å². The summed E-state index contributed by atoms with van der Waals surface area (Å²) in [4.78, 5) is 29.8. The number of hydrogen-bond donors (Lipinski definition) is 0. The van der Waals surface area contributed by atoms with Crippen molar-refractivity contribution in [3.05, 3.63) is 34.7 Å². The van der Waals surface area contributed by atoms with E-state index in [9.17, 15) is 9.59 Å². The molecule has 2 aromatic rings. The van der Waals surface area contributed by atoms with Gasteiger partial charge in [-0.25, -0.2) is 0 Å². The molecule has 0 saturated carbocycles. The van der Waals surface area contributed by atoms with Crippen LogP contribution in [0.1, 0.15) is 36.0 Å². The molecule has 2 amide bonds. The Morgan fingerprint density at radius 2 is 1.58 bits per heavy atom. The number of benzene rings is 1. The summed E-state index contributed by atoms with van der Waals surface area (Å²) in [6.07, 6.45) is 0. The van der Waals surface area contributed by atoms with Crippen molar-refractivity contribution in [2.24, 2.45) is 5.41 Å². The van der Waals surface area contributed by atoms with Gasteiger partial charge in [0.15, 0.2) is 0 Å². The highest BCUT2D eigenvalue weighted by atomic mass is 32.1. The second kappa shape index (κ2) is 6.20. The molecule has 1 aromatic heterocycles. The van der Waals surface area contributed by atoms with E-state index < -0.39 is 0 Å². The summed E-state index contributed by atoms with van der Waals surface area (Å²) in [5.74, 6) is 0.254. The minimum absolute atomic E-state index is 0.0940. The van der Waals surface area contributed by atoms with Crippen LogP contribution in [-0.2, 0) is 4.79 Å². The number of nitrogens with zero attached hydrogens (tertiary/aromatic N) is 2. The zero-order chi connectivity index (χ0) is 17.5. The second-order valence-corrected chi connectivity index (χ2v) is 8.44. The summed E-state index contributed by atoms with van der Waals surface area (Å²) in [5.41, 5.74) is 0.697. The fourth-order valence-electron chi connectivity index (χ4n) is 3.11. The van der Waals surface area contributed by atoms with Gasteiger partial charge in [-0.15, -0.1) is 11.3 Å². The van der Waals surface area contributed by atoms with E-state index in [1.807, 2.05) is 49.6 Å². The van der Waals surface area contributed by atoms with Crippen molar-refractivity contribution in [3.8, 4) is 0 Å². The summed E-state index contributed by atoms with van der Waals surface area (Å²) in [6, 6.07) is 8.14. The highest BCUT2D eigenvalue weighted by molar-refractivity contribution is 7.21. The fourth-order valence-corrected chi connectivity index (χ4v) is 4.29. The normalized spacial score (nSPS) is 15.8. The van der Waals surface area contributed by atoms with Crippen LogP contribution < -0.4 is 0 Å². The van der Waals surface area contributed by atoms with Crippen molar-refractivity contribution >= 4 is 33.2 Å². The number of thiophene rings is 1. The van der Waals surface area contributed by atoms with Gasteiger partial charge >= 0.3 is 0 Å². The van der Waals surface area contributed by atoms with E-state index in [0.717, 1.165) is 20.5 Å². The van der Waals surface area contributed by atoms with E-state index in [0.29, 0.717) is 26.2 Å². The van der Waals surface area contributed by atoms with Gasteiger partial charge in [-0.3, -0.25) is 9.59 Å². The third-order valence-electron chi connectivity index (χ3n) is 4.53. The molecule has 0 unspecified atom stereocenters. The molecule has 0 spiro atoms. The third-order valence-corrected chi connectivity index (χ3v) is 5.79. The summed E-state index contributed by atoms with van der Waals surface area (Å²) >= 11 is 1.57. The number of carbonyl (C=O) groups is 2. The van der Waals surface area contributed by atoms with Gasteiger partial charge in [-0.2, -0.15) is 0 Å². The van der Waals surface area contributed by atoms with E-state index in [1.165, 1.54) is 0 Å². The quantitative estimate of drug-likeness (QED) is 0.794. The summed E-state index contributed by atoms with van der Waals surface area (Å²) in [5, 5.41) is 1.16. The van der Waals surface area contributed by atoms with Gasteiger partial charge < -0.3 is 9.80 Å². The molecule has 0 atom stereocenters. The first-order valence-electron chi connectivity index (χ1n) is 8.36. The van der Waals surface area contributed by atoms with E-state index in [2.05, 4.69) is 12.1 Å². The average Bonchev–Trinajstić information content (AvgIpc) is 2.90. The SMILES string of the molecule is Cc1c(C(=O)N2CCN(C(=O)C(C)(C)C)CC2)sc2ccccc12. The highest BCUT2D eigenvalue weighted by Gasteiger charge is 2.31. The van der Waals surface area contributed by atoms with Crippen molar-refractivity contribution in [1.29, 1.82) is 0 Å². The van der Waals surface area contributed by atoms with Crippen molar-refractivity contribution in [3.63, 3.8) is 0 Å². The Morgan fingerprint density at radius 3 is 2.17 bits per heavy atom. The molecule has 1 aliphatic heterocycles. The molecule has 1 fully saturated rings. The van der Waals surface area contributed by atoms with Crippen LogP contribution >= 0.6 is 11.3 Å². The molecule has 1 saturated heterocycles. The van der Waals surface area contributed by atoms with Crippen molar-refractivity contribution < 1.29 is 9.59 Å². The van der Waals surface area contributed by atoms with Gasteiger partial charge in [0, 0.05) is 36.3 Å². The van der Waals surface area contributed by atoms with Crippen LogP contribution in [0, 0.1) is 12.3 Å². The Hall–Kier alpha value is -1.88. The van der Waals surface area contributed by atoms with Gasteiger partial charge in [-0.1, -0.05) is 39.0 Å². The summed E-state index contributed by atoms with van der Waals surface area (Å²) in [6.45, 7) is 10.3. The molecule has 1 aliphatic rings. The number of aryl methyl sites for hydroxylation is 1. The maximum Gasteiger partial charge on any atom is 0.264 e. The fraction of sp³-hybridized carbons (Fsp3) is 0.474. The van der Waals surface area contributed by atoms with Gasteiger partial charge in [0.05, 0.1) is 4.88 Å². The Bertz CT molecular complexity index is 780. The molecule has 0 radical (unpaired) electrons. The molecule has 0 aliphatic carbocycles. The number of hydrogen-bond acceptors (Lipinski definition) is 3. The summed E-state index contributed by atoms with van der Waals surface area (Å²) in [7, 11) is 0. The lowest BCUT2D eigenvalue weighted by Gasteiger charge is -2.37. The lowest BCUT2D eigenvalue weighted by molar-refractivity contribution is -0.140. The van der Waals surface area contributed by atoms with Crippen molar-refractivity contribution in [2.75, 3.05) is 26.2 Å². The molecular weight excluding hydrogens is 320 g/mol. The van der Waals surface area contributed by atoms with Gasteiger partial charge in [0.1, 0.15) is 0 Å². The van der Waals surface area contributed by atoms with E-state index in [1.54, 1.807) is 11.3 Å². The van der Waals surface area contributed by atoms with Crippen molar-refractivity contribution in [1.82, 2.24) is 9.80 Å². The molecule has 24 heavy (non-hydrogen) atoms. The van der Waals surface area contributed by atoms with Crippen LogP contribution in [0.4, 0.5) is 0 Å². The first-order valence-corrected chi connectivity index (χ1v) is 9.17. The molecule has 0 bridgehead atoms. The van der Waals surface area contributed by atoms with Crippen LogP contribution in [0.15, 0.2) is 24.3 Å². The molecule has 5 heteroatoms. The largest absolute Gasteiger partial charge is 0.339 e. The molecule has 4 nitrogen and oxygen atoms in total. The Kier molecular flexibility index (Phi) is 4.38. The van der Waals surface area contributed by atoms with Crippen LogP contribution in [0.2, 0.25) is 0 Å². The predicted octanol–water partition coefficient (Wildman–Crippen LogP) is 3.54. The van der Waals surface area contributed by atoms with Crippen LogP contribution in [0.3, 0.4) is 0 Å². The van der Waals surface area contributed by atoms with Crippen molar-refractivity contribution in [2.45, 2.75) is 27.7 Å². The van der Waals surface area contributed by atoms with E-state index >= 15 is 0 Å². The zero-order valence-electron chi connectivity index (χ0n) is 14.8. The topological polar surface area (TPSA) is 40.6 Å². The molecule has 1 aromatic carbocycles. The third kappa shape index (κ3) is 3.05. The minimum atomic E-state index is -0.367. The number of carbonyl (C=O) groups excluding carboxylic acids is 2. The Balaban J connectivity index is 1.73. The highest BCUT2D eigenvalue weighted by Crippen LogP contribution is 2.31. The number of fused-ring (bicyclic) bond motifs is 1. The van der Waals surface area contributed by atoms with E-state index in [4.69, 9.17) is 0 Å². The predicted molar refractivity (Wildman–Crippen MR) is 98.5 cm³/mol. The monoisotopic (exact) mass is 344 g/mol. The first kappa shape index (κ1) is 17.0. The standard InChI is InChI=1S/C19H24N2O2S/c1-13-14-7-5-6-8-15(14)24-16(13)17(22)20-9-11-21(12-10-20)18(23)19(2,3)4/h5-8H,9-12H2,1-4H3. The maximum atomic E-state index is 12.9. The number of amides is 2. The van der Waals surface area contributed by atoms with Gasteiger partial charge in [0.25, 0.3) is 5.91 Å². The molecule has 128 valence electrons. The van der Waals surface area contributed by atoms with Crippen LogP contribution in [-0.4, -0.2) is 47.8 Å². The number of piperazine rings is 1. The molecular formula is C19H24N2O2S. The average molecular weight is 344 g/mol. The lowest BCUT2D eigenvalue weighted by atomic mass is 9.94. The second-order valence-electron chi connectivity index (χ2n) is 7.39. The molecule has 3 rings (SSSR count). The molecule has 2 heterocycles. The maximum absolute atomic E-state index is 12.9. The Labute approximate surface area is 147 Å². The zero-order valence-corrected chi connectivity index (χ0v) is 15.6. The lowest BCUT2D eigenvalue weighted by Crippen LogP contribution is -2.53. The minimum Gasteiger partial charge on any atom is -0.339 e. The van der Waals surface area contributed by atoms with Crippen LogP contribution in [0.25, 0.3) is 10.1 Å². The van der Waals surface area contributed by atoms with Gasteiger partial charge in [-0.05, 0) is 23.9 Å². The Morgan fingerprint density at radius 1 is 1.00 bits per heavy atom. The van der Waals surface area contributed by atoms with E-state index in [-0.39, 0.29) is 17.2 Å². The molecule has 0 N–H and O–H groups in total. The van der Waals surface area contributed by atoms with Gasteiger partial charge in [0.2, 0.25) is 5.91 Å². The first-order chi connectivity index (χ1) is 11.3. The smallest absolute Gasteiger partial charge is 0.264 e.